The van der Waals surface area contributed by atoms with Gasteiger partial charge >= 0.3 is 0 Å². The SMILES string of the molecule is CC[C@H](C)[C@H](NC(=O)[C@H](C(C)C)[C@@H](O)[C@H](O)[C@H](CC1CCCCC1)NC(=O)c1ccc(C)cc1OCCOc1ccccc1)C(=O)NCc1nc2ccccc2[nH]1. The number of carbonyl (C=O) groups is 3. The standard InChI is InChI=1S/C45H61N5O7/c1-6-30(5)40(45(55)46-27-38-47-34-19-13-14-20-35(34)48-38)50-44(54)39(28(2)3)42(52)41(51)36(26-31-15-9-7-10-16-31)49-43(53)33-22-21-29(4)25-37(33)57-24-23-56-32-17-11-8-12-18-32/h8,11-14,17-22,25,28,30-31,36,39-42,51-52H,6-7,9-10,15-16,23-24,26-27H2,1-5H3,(H,46,55)(H,47,48)(H,49,53)(H,50,54)/t30-,36-,39+,40-,41+,42+/m0/s1. The largest absolute Gasteiger partial charge is 0.490 e. The summed E-state index contributed by atoms with van der Waals surface area (Å²) in [6.07, 6.45) is 3.16. The summed E-state index contributed by atoms with van der Waals surface area (Å²) in [4.78, 5) is 49.5. The van der Waals surface area contributed by atoms with E-state index in [0.29, 0.717) is 35.7 Å². The molecule has 12 heteroatoms. The molecule has 0 unspecified atom stereocenters. The normalized spacial score (nSPS) is 16.6. The first-order chi connectivity index (χ1) is 27.4. The number of para-hydroxylation sites is 3. The molecule has 1 aliphatic carbocycles. The molecule has 57 heavy (non-hydrogen) atoms. The van der Waals surface area contributed by atoms with Gasteiger partial charge in [0, 0.05) is 0 Å². The predicted molar refractivity (Wildman–Crippen MR) is 221 cm³/mol. The highest BCUT2D eigenvalue weighted by molar-refractivity contribution is 5.97. The van der Waals surface area contributed by atoms with Gasteiger partial charge in [-0.3, -0.25) is 14.4 Å². The molecule has 3 amide bonds. The first-order valence-corrected chi connectivity index (χ1v) is 20.5. The molecule has 6 atom stereocenters. The number of ether oxygens (including phenoxy) is 2. The molecule has 308 valence electrons. The van der Waals surface area contributed by atoms with Crippen LogP contribution in [0.4, 0.5) is 0 Å². The second-order valence-electron chi connectivity index (χ2n) is 15.9. The van der Waals surface area contributed by atoms with E-state index in [0.717, 1.165) is 48.7 Å². The number of aromatic amines is 1. The number of nitrogens with one attached hydrogen (secondary N) is 4. The van der Waals surface area contributed by atoms with Gasteiger partial charge in [0.15, 0.2) is 0 Å². The zero-order valence-corrected chi connectivity index (χ0v) is 34.0. The number of imidazole rings is 1. The average Bonchev–Trinajstić information content (AvgIpc) is 3.63. The number of amides is 3. The van der Waals surface area contributed by atoms with Gasteiger partial charge < -0.3 is 40.6 Å². The van der Waals surface area contributed by atoms with Crippen molar-refractivity contribution in [3.63, 3.8) is 0 Å². The minimum atomic E-state index is -1.54. The van der Waals surface area contributed by atoms with Crippen molar-refractivity contribution in [2.24, 2.45) is 23.7 Å². The van der Waals surface area contributed by atoms with Gasteiger partial charge in [0.25, 0.3) is 5.91 Å². The van der Waals surface area contributed by atoms with Crippen LogP contribution in [-0.4, -0.2) is 75.4 Å². The molecule has 3 aromatic carbocycles. The van der Waals surface area contributed by atoms with Crippen molar-refractivity contribution in [1.82, 2.24) is 25.9 Å². The molecule has 4 aromatic rings. The summed E-state index contributed by atoms with van der Waals surface area (Å²) in [7, 11) is 0. The van der Waals surface area contributed by atoms with Gasteiger partial charge in [0.05, 0.1) is 41.2 Å². The van der Waals surface area contributed by atoms with Gasteiger partial charge in [0.2, 0.25) is 11.8 Å². The van der Waals surface area contributed by atoms with Crippen molar-refractivity contribution < 1.29 is 34.1 Å². The minimum Gasteiger partial charge on any atom is -0.490 e. The van der Waals surface area contributed by atoms with Gasteiger partial charge in [-0.05, 0) is 73.1 Å². The van der Waals surface area contributed by atoms with Gasteiger partial charge in [-0.1, -0.05) is 103 Å². The lowest BCUT2D eigenvalue weighted by molar-refractivity contribution is -0.140. The molecule has 0 bridgehead atoms. The van der Waals surface area contributed by atoms with E-state index in [1.807, 2.05) is 81.4 Å². The molecule has 12 nitrogen and oxygen atoms in total. The molecule has 1 aliphatic rings. The Kier molecular flexibility index (Phi) is 15.9. The van der Waals surface area contributed by atoms with Crippen molar-refractivity contribution >= 4 is 28.8 Å². The Balaban J connectivity index is 1.29. The zero-order chi connectivity index (χ0) is 40.9. The number of H-pyrrole nitrogens is 1. The fraction of sp³-hybridized carbons (Fsp3) is 0.511. The third-order valence-corrected chi connectivity index (χ3v) is 11.2. The molecular weight excluding hydrogens is 723 g/mol. The summed E-state index contributed by atoms with van der Waals surface area (Å²) >= 11 is 0. The molecule has 1 saturated carbocycles. The maximum absolute atomic E-state index is 14.1. The Morgan fingerprint density at radius 2 is 1.56 bits per heavy atom. The van der Waals surface area contributed by atoms with E-state index in [9.17, 15) is 24.6 Å². The summed E-state index contributed by atoms with van der Waals surface area (Å²) in [6, 6.07) is 20.5. The van der Waals surface area contributed by atoms with Gasteiger partial charge in [-0.2, -0.15) is 0 Å². The number of aliphatic hydroxyl groups is 2. The number of aromatic nitrogens is 2. The molecule has 5 rings (SSSR count). The van der Waals surface area contributed by atoms with E-state index in [-0.39, 0.29) is 37.5 Å². The van der Waals surface area contributed by atoms with Crippen molar-refractivity contribution in [2.75, 3.05) is 13.2 Å². The van der Waals surface area contributed by atoms with Crippen LogP contribution in [0, 0.1) is 30.6 Å². The number of aryl methyl sites for hydroxylation is 1. The van der Waals surface area contributed by atoms with E-state index in [1.54, 1.807) is 26.0 Å². The summed E-state index contributed by atoms with van der Waals surface area (Å²) < 4.78 is 11.8. The fourth-order valence-electron chi connectivity index (χ4n) is 7.70. The van der Waals surface area contributed by atoms with E-state index >= 15 is 0 Å². The van der Waals surface area contributed by atoms with Crippen molar-refractivity contribution in [2.45, 2.75) is 110 Å². The third kappa shape index (κ3) is 12.0. The second-order valence-corrected chi connectivity index (χ2v) is 15.9. The topological polar surface area (TPSA) is 175 Å². The lowest BCUT2D eigenvalue weighted by atomic mass is 9.79. The molecule has 6 N–H and O–H groups in total. The van der Waals surface area contributed by atoms with Gasteiger partial charge in [-0.15, -0.1) is 0 Å². The fourth-order valence-corrected chi connectivity index (χ4v) is 7.70. The number of carbonyl (C=O) groups excluding carboxylic acids is 3. The highest BCUT2D eigenvalue weighted by Gasteiger charge is 2.41. The van der Waals surface area contributed by atoms with E-state index in [1.165, 1.54) is 0 Å². The number of nitrogens with zero attached hydrogens (tertiary/aromatic N) is 1. The van der Waals surface area contributed by atoms with Crippen molar-refractivity contribution in [3.05, 3.63) is 89.7 Å². The molecule has 0 radical (unpaired) electrons. The molecule has 0 aliphatic heterocycles. The Labute approximate surface area is 336 Å². The number of hydrogen-bond acceptors (Lipinski definition) is 8. The predicted octanol–water partition coefficient (Wildman–Crippen LogP) is 6.24. The highest BCUT2D eigenvalue weighted by Crippen LogP contribution is 2.31. The lowest BCUT2D eigenvalue weighted by Crippen LogP contribution is -2.57. The summed E-state index contributed by atoms with van der Waals surface area (Å²) in [5, 5.41) is 32.7. The van der Waals surface area contributed by atoms with Crippen LogP contribution in [0.5, 0.6) is 11.5 Å². The van der Waals surface area contributed by atoms with Crippen LogP contribution in [-0.2, 0) is 16.1 Å². The first-order valence-electron chi connectivity index (χ1n) is 20.5. The van der Waals surface area contributed by atoms with Crippen molar-refractivity contribution in [1.29, 1.82) is 0 Å². The van der Waals surface area contributed by atoms with Crippen LogP contribution < -0.4 is 25.4 Å². The molecule has 1 aromatic heterocycles. The van der Waals surface area contributed by atoms with E-state index < -0.39 is 47.9 Å². The quantitative estimate of drug-likeness (QED) is 0.0572. The smallest absolute Gasteiger partial charge is 0.255 e. The minimum absolute atomic E-state index is 0.142. The lowest BCUT2D eigenvalue weighted by Gasteiger charge is -2.36. The van der Waals surface area contributed by atoms with E-state index in [2.05, 4.69) is 25.9 Å². The van der Waals surface area contributed by atoms with Crippen molar-refractivity contribution in [3.8, 4) is 11.5 Å². The molecular formula is C45H61N5O7. The average molecular weight is 784 g/mol. The molecule has 0 saturated heterocycles. The Bertz CT molecular complexity index is 1860. The summed E-state index contributed by atoms with van der Waals surface area (Å²) in [5.74, 6) is -1.18. The van der Waals surface area contributed by atoms with Gasteiger partial charge in [0.1, 0.15) is 42.7 Å². The third-order valence-electron chi connectivity index (χ3n) is 11.2. The highest BCUT2D eigenvalue weighted by atomic mass is 16.5. The van der Waals surface area contributed by atoms with E-state index in [4.69, 9.17) is 9.47 Å². The monoisotopic (exact) mass is 783 g/mol. The summed E-state index contributed by atoms with van der Waals surface area (Å²) in [6.45, 7) is 9.95. The number of rotatable bonds is 20. The number of aliphatic hydroxyl groups excluding tert-OH is 2. The van der Waals surface area contributed by atoms with Crippen LogP contribution in [0.2, 0.25) is 0 Å². The van der Waals surface area contributed by atoms with Crippen LogP contribution in [0.25, 0.3) is 11.0 Å². The first kappa shape index (κ1) is 43.2. The molecule has 1 heterocycles. The Morgan fingerprint density at radius 1 is 0.860 bits per heavy atom. The second kappa shape index (κ2) is 21.0. The Hall–Kier alpha value is -4.94. The zero-order valence-electron chi connectivity index (χ0n) is 34.0. The molecule has 1 fully saturated rings. The van der Waals surface area contributed by atoms with Crippen LogP contribution >= 0.6 is 0 Å². The maximum Gasteiger partial charge on any atom is 0.255 e. The maximum atomic E-state index is 14.1. The summed E-state index contributed by atoms with van der Waals surface area (Å²) in [5.41, 5.74) is 2.84. The Morgan fingerprint density at radius 3 is 2.26 bits per heavy atom. The van der Waals surface area contributed by atoms with Crippen LogP contribution in [0.3, 0.4) is 0 Å². The molecule has 0 spiro atoms. The number of hydrogen-bond donors (Lipinski definition) is 6. The van der Waals surface area contributed by atoms with Gasteiger partial charge in [-0.25, -0.2) is 4.98 Å². The number of fused-ring (bicyclic) bond motifs is 1. The van der Waals surface area contributed by atoms with Crippen LogP contribution in [0.1, 0.15) is 94.4 Å². The van der Waals surface area contributed by atoms with Crippen LogP contribution in [0.15, 0.2) is 72.8 Å². The number of benzene rings is 3.